The summed E-state index contributed by atoms with van der Waals surface area (Å²) in [6, 6.07) is 8.97. The highest BCUT2D eigenvalue weighted by Gasteiger charge is 2.19. The van der Waals surface area contributed by atoms with Crippen LogP contribution in [0.4, 0.5) is 0 Å². The average Bonchev–Trinajstić information content (AvgIpc) is 2.90. The third-order valence-corrected chi connectivity index (χ3v) is 3.24. The van der Waals surface area contributed by atoms with Crippen LogP contribution in [0.5, 0.6) is 0 Å². The van der Waals surface area contributed by atoms with Gasteiger partial charge >= 0.3 is 0 Å². The summed E-state index contributed by atoms with van der Waals surface area (Å²) in [5, 5.41) is 11.3. The van der Waals surface area contributed by atoms with Gasteiger partial charge in [-0.25, -0.2) is 5.43 Å². The van der Waals surface area contributed by atoms with Gasteiger partial charge in [0.05, 0.1) is 6.21 Å². The van der Waals surface area contributed by atoms with Crippen LogP contribution in [0.15, 0.2) is 35.4 Å². The molecule has 1 aromatic carbocycles. The number of H-pyrrole nitrogens is 1. The number of amides is 1. The van der Waals surface area contributed by atoms with Gasteiger partial charge in [-0.3, -0.25) is 9.89 Å². The molecule has 0 saturated carbocycles. The summed E-state index contributed by atoms with van der Waals surface area (Å²) in [4.78, 5) is 11.9. The van der Waals surface area contributed by atoms with Crippen molar-refractivity contribution < 1.29 is 4.79 Å². The number of hydrogen-bond donors (Lipinski definition) is 2. The number of aromatic amines is 1. The van der Waals surface area contributed by atoms with E-state index < -0.39 is 0 Å². The fraction of sp³-hybridized carbons (Fsp3) is 0.267. The zero-order valence-corrected chi connectivity index (χ0v) is 12.9. The molecule has 0 bridgehead atoms. The van der Waals surface area contributed by atoms with Gasteiger partial charge in [0.25, 0.3) is 5.91 Å². The number of rotatable bonds is 3. The summed E-state index contributed by atoms with van der Waals surface area (Å²) in [7, 11) is 0. The first-order valence-electron chi connectivity index (χ1n) is 6.52. The van der Waals surface area contributed by atoms with E-state index in [1.54, 1.807) is 12.1 Å². The second kappa shape index (κ2) is 6.10. The average molecular weight is 305 g/mol. The summed E-state index contributed by atoms with van der Waals surface area (Å²) in [5.41, 5.74) is 4.26. The molecule has 21 heavy (non-hydrogen) atoms. The number of aromatic nitrogens is 2. The Bertz CT molecular complexity index is 670. The number of hydrogen-bond acceptors (Lipinski definition) is 3. The van der Waals surface area contributed by atoms with Crippen molar-refractivity contribution in [3.8, 4) is 0 Å². The van der Waals surface area contributed by atoms with Crippen molar-refractivity contribution in [3.63, 3.8) is 0 Å². The van der Waals surface area contributed by atoms with Gasteiger partial charge in [0.2, 0.25) is 0 Å². The molecule has 0 spiro atoms. The highest BCUT2D eigenvalue weighted by molar-refractivity contribution is 6.33. The van der Waals surface area contributed by atoms with E-state index in [1.807, 2.05) is 39.0 Å². The topological polar surface area (TPSA) is 70.1 Å². The quantitative estimate of drug-likeness (QED) is 0.675. The van der Waals surface area contributed by atoms with Gasteiger partial charge in [-0.15, -0.1) is 0 Å². The van der Waals surface area contributed by atoms with Crippen LogP contribution in [-0.4, -0.2) is 22.3 Å². The second-order valence-electron chi connectivity index (χ2n) is 5.64. The monoisotopic (exact) mass is 304 g/mol. The Morgan fingerprint density at radius 2 is 2.10 bits per heavy atom. The smallest absolute Gasteiger partial charge is 0.281 e. The lowest BCUT2D eigenvalue weighted by Crippen LogP contribution is -2.18. The highest BCUT2D eigenvalue weighted by atomic mass is 35.5. The van der Waals surface area contributed by atoms with Crippen LogP contribution < -0.4 is 5.43 Å². The maximum Gasteiger partial charge on any atom is 0.291 e. The molecule has 0 saturated heterocycles. The van der Waals surface area contributed by atoms with E-state index in [4.69, 9.17) is 11.6 Å². The van der Waals surface area contributed by atoms with Gasteiger partial charge in [0.15, 0.2) is 5.69 Å². The lowest BCUT2D eigenvalue weighted by molar-refractivity contribution is 0.0950. The van der Waals surface area contributed by atoms with Crippen LogP contribution in [0.3, 0.4) is 0 Å². The minimum Gasteiger partial charge on any atom is -0.281 e. The number of carbonyl (C=O) groups is 1. The minimum atomic E-state index is -0.370. The predicted octanol–water partition coefficient (Wildman–Crippen LogP) is 3.12. The Morgan fingerprint density at radius 3 is 2.71 bits per heavy atom. The second-order valence-corrected chi connectivity index (χ2v) is 6.04. The molecule has 6 heteroatoms. The molecule has 0 radical (unpaired) electrons. The van der Waals surface area contributed by atoms with Crippen molar-refractivity contribution in [1.29, 1.82) is 0 Å². The Morgan fingerprint density at radius 1 is 1.38 bits per heavy atom. The molecule has 2 aromatic rings. The first-order valence-corrected chi connectivity index (χ1v) is 6.89. The van der Waals surface area contributed by atoms with Gasteiger partial charge in [-0.1, -0.05) is 50.6 Å². The van der Waals surface area contributed by atoms with Crippen molar-refractivity contribution in [2.24, 2.45) is 5.10 Å². The third kappa shape index (κ3) is 3.92. The van der Waals surface area contributed by atoms with Gasteiger partial charge in [-0.05, 0) is 12.1 Å². The molecule has 1 amide bonds. The fourth-order valence-electron chi connectivity index (χ4n) is 1.62. The summed E-state index contributed by atoms with van der Waals surface area (Å²) < 4.78 is 0. The van der Waals surface area contributed by atoms with Crippen molar-refractivity contribution in [2.45, 2.75) is 26.2 Å². The number of hydrazone groups is 1. The maximum absolute atomic E-state index is 11.9. The molecule has 5 nitrogen and oxygen atoms in total. The van der Waals surface area contributed by atoms with Crippen LogP contribution in [0, 0.1) is 0 Å². The van der Waals surface area contributed by atoms with E-state index >= 15 is 0 Å². The Kier molecular flexibility index (Phi) is 4.43. The summed E-state index contributed by atoms with van der Waals surface area (Å²) in [6.45, 7) is 6.12. The Labute approximate surface area is 128 Å². The van der Waals surface area contributed by atoms with Crippen LogP contribution in [-0.2, 0) is 5.41 Å². The zero-order chi connectivity index (χ0) is 15.5. The molecule has 2 rings (SSSR count). The molecule has 0 atom stereocenters. The number of carbonyl (C=O) groups excluding carboxylic acids is 1. The van der Waals surface area contributed by atoms with Crippen molar-refractivity contribution in [3.05, 3.63) is 52.3 Å². The van der Waals surface area contributed by atoms with Crippen LogP contribution >= 0.6 is 11.6 Å². The highest BCUT2D eigenvalue weighted by Crippen LogP contribution is 2.20. The summed E-state index contributed by atoms with van der Waals surface area (Å²) in [5.74, 6) is -0.370. The maximum atomic E-state index is 11.9. The van der Waals surface area contributed by atoms with Gasteiger partial charge in [0.1, 0.15) is 0 Å². The standard InChI is InChI=1S/C15H17ClN4O/c1-15(2,3)13-8-12(18-19-13)14(21)20-17-9-10-6-4-5-7-11(10)16/h4-9H,1-3H3,(H,18,19)(H,20,21)/b17-9-. The normalized spacial score (nSPS) is 11.8. The van der Waals surface area contributed by atoms with E-state index in [0.717, 1.165) is 11.3 Å². The zero-order valence-electron chi connectivity index (χ0n) is 12.1. The fourth-order valence-corrected chi connectivity index (χ4v) is 1.80. The van der Waals surface area contributed by atoms with Gasteiger partial charge < -0.3 is 0 Å². The Balaban J connectivity index is 2.02. The first-order chi connectivity index (χ1) is 9.88. The van der Waals surface area contributed by atoms with E-state index in [2.05, 4.69) is 20.7 Å². The molecule has 1 aromatic heterocycles. The van der Waals surface area contributed by atoms with Crippen molar-refractivity contribution in [1.82, 2.24) is 15.6 Å². The molecule has 0 aliphatic carbocycles. The van der Waals surface area contributed by atoms with E-state index in [1.165, 1.54) is 6.21 Å². The van der Waals surface area contributed by atoms with Crippen molar-refractivity contribution in [2.75, 3.05) is 0 Å². The molecular weight excluding hydrogens is 288 g/mol. The molecular formula is C15H17ClN4O. The van der Waals surface area contributed by atoms with Crippen LogP contribution in [0.2, 0.25) is 5.02 Å². The van der Waals surface area contributed by atoms with Gasteiger partial charge in [0, 0.05) is 21.7 Å². The van der Waals surface area contributed by atoms with Crippen LogP contribution in [0.25, 0.3) is 0 Å². The summed E-state index contributed by atoms with van der Waals surface area (Å²) >= 11 is 5.99. The van der Waals surface area contributed by atoms with E-state index in [-0.39, 0.29) is 11.3 Å². The SMILES string of the molecule is CC(C)(C)c1cc(C(=O)N/N=C\c2ccccc2Cl)n[nH]1. The molecule has 110 valence electrons. The third-order valence-electron chi connectivity index (χ3n) is 2.89. The number of nitrogens with zero attached hydrogens (tertiary/aromatic N) is 2. The summed E-state index contributed by atoms with van der Waals surface area (Å²) in [6.07, 6.45) is 1.50. The largest absolute Gasteiger partial charge is 0.291 e. The molecule has 0 fully saturated rings. The van der Waals surface area contributed by atoms with Gasteiger partial charge in [-0.2, -0.15) is 10.2 Å². The number of nitrogens with one attached hydrogen (secondary N) is 2. The molecule has 2 N–H and O–H groups in total. The molecule has 0 aliphatic heterocycles. The van der Waals surface area contributed by atoms with Crippen LogP contribution in [0.1, 0.15) is 42.5 Å². The van der Waals surface area contributed by atoms with Crippen molar-refractivity contribution >= 4 is 23.7 Å². The predicted molar refractivity (Wildman–Crippen MR) is 83.8 cm³/mol. The Hall–Kier alpha value is -2.14. The van der Waals surface area contributed by atoms with E-state index in [0.29, 0.717) is 10.7 Å². The minimum absolute atomic E-state index is 0.0909. The first kappa shape index (κ1) is 15.3. The lowest BCUT2D eigenvalue weighted by atomic mass is 9.92. The number of halogens is 1. The molecule has 0 aliphatic rings. The lowest BCUT2D eigenvalue weighted by Gasteiger charge is -2.14. The molecule has 0 unspecified atom stereocenters. The number of benzene rings is 1. The van der Waals surface area contributed by atoms with E-state index in [9.17, 15) is 4.79 Å². The molecule has 1 heterocycles.